The lowest BCUT2D eigenvalue weighted by Crippen LogP contribution is -1.94. The fourth-order valence-corrected chi connectivity index (χ4v) is 4.33. The van der Waals surface area contributed by atoms with Crippen LogP contribution in [0.5, 0.6) is 5.75 Å². The van der Waals surface area contributed by atoms with Crippen LogP contribution in [0.4, 0.5) is 26.3 Å². The Morgan fingerprint density at radius 2 is 1.08 bits per heavy atom. The number of nitrogens with zero attached hydrogens (tertiary/aromatic N) is 3. The van der Waals surface area contributed by atoms with Crippen LogP contribution in [0, 0.1) is 79.4 Å². The standard InChI is InChI=1S/C15H13NO.C14H8F3N.C14H10F3N/c1-12-5-3-7-14(16-12)10-9-13-6-4-8-15(11-13)17-2;1-9-3-2-4-11(18-9)7-5-10-6-8-12(15)14(17)13(10)16;1-9-3-2-4-11(18-9)6-5-10-7-12(15)14(17)13(16)8-10/h3-8,11H,1-2H3;2-4,6,8H,1H3;2-8H,1H3. The van der Waals surface area contributed by atoms with Gasteiger partial charge in [-0.25, -0.2) is 36.3 Å². The first-order chi connectivity index (χ1) is 25.4. The number of aryl methyl sites for hydroxylation is 3. The highest BCUT2D eigenvalue weighted by Crippen LogP contribution is 2.17. The smallest absolute Gasteiger partial charge is 0.195 e. The molecule has 0 saturated heterocycles. The van der Waals surface area contributed by atoms with E-state index < -0.39 is 34.9 Å². The molecule has 3 aromatic carbocycles. The lowest BCUT2D eigenvalue weighted by atomic mass is 10.1. The highest BCUT2D eigenvalue weighted by Gasteiger charge is 2.11. The van der Waals surface area contributed by atoms with Gasteiger partial charge in [0.15, 0.2) is 34.9 Å². The maximum absolute atomic E-state index is 13.3. The Morgan fingerprint density at radius 3 is 1.66 bits per heavy atom. The third-order valence-electron chi connectivity index (χ3n) is 6.90. The van der Waals surface area contributed by atoms with Crippen LogP contribution in [-0.4, -0.2) is 22.1 Å². The monoisotopic (exact) mass is 719 g/mol. The number of ether oxygens (including phenoxy) is 1. The zero-order valence-electron chi connectivity index (χ0n) is 29.0. The summed E-state index contributed by atoms with van der Waals surface area (Å²) < 4.78 is 82.8. The van der Waals surface area contributed by atoms with Gasteiger partial charge in [-0.2, -0.15) is 0 Å². The Bertz CT molecular complexity index is 2350. The van der Waals surface area contributed by atoms with Gasteiger partial charge < -0.3 is 4.74 Å². The van der Waals surface area contributed by atoms with Gasteiger partial charge in [0.25, 0.3) is 0 Å². The minimum atomic E-state index is -1.51. The average molecular weight is 720 g/mol. The van der Waals surface area contributed by atoms with E-state index >= 15 is 0 Å². The molecule has 0 bridgehead atoms. The molecule has 0 N–H and O–H groups in total. The van der Waals surface area contributed by atoms with E-state index in [1.165, 1.54) is 6.08 Å². The van der Waals surface area contributed by atoms with Gasteiger partial charge in [0.1, 0.15) is 17.1 Å². The summed E-state index contributed by atoms with van der Waals surface area (Å²) in [6.07, 6.45) is 3.09. The molecule has 0 radical (unpaired) electrons. The molecule has 0 saturated carbocycles. The Morgan fingerprint density at radius 1 is 0.509 bits per heavy atom. The van der Waals surface area contributed by atoms with E-state index in [1.807, 2.05) is 68.4 Å². The first-order valence-electron chi connectivity index (χ1n) is 15.9. The Labute approximate surface area is 303 Å². The van der Waals surface area contributed by atoms with Crippen molar-refractivity contribution in [3.05, 3.63) is 189 Å². The van der Waals surface area contributed by atoms with Gasteiger partial charge in [0, 0.05) is 22.6 Å². The number of hydrogen-bond acceptors (Lipinski definition) is 4. The summed E-state index contributed by atoms with van der Waals surface area (Å²) in [5, 5.41) is 0. The van der Waals surface area contributed by atoms with Crippen LogP contribution in [0.15, 0.2) is 103 Å². The molecule has 6 aromatic rings. The van der Waals surface area contributed by atoms with E-state index in [2.05, 4.69) is 38.6 Å². The fourth-order valence-electron chi connectivity index (χ4n) is 4.33. The van der Waals surface area contributed by atoms with Crippen LogP contribution in [0.25, 0.3) is 12.2 Å². The number of methoxy groups -OCH3 is 1. The number of rotatable bonds is 3. The number of halogens is 6. The van der Waals surface area contributed by atoms with Crippen LogP contribution >= 0.6 is 0 Å². The molecule has 3 heterocycles. The van der Waals surface area contributed by atoms with Gasteiger partial charge in [-0.15, -0.1) is 0 Å². The Balaban J connectivity index is 0.000000178. The number of aromatic nitrogens is 3. The van der Waals surface area contributed by atoms with Crippen LogP contribution in [-0.2, 0) is 0 Å². The van der Waals surface area contributed by atoms with E-state index in [4.69, 9.17) is 4.74 Å². The number of benzene rings is 3. The Kier molecular flexibility index (Phi) is 14.1. The molecular formula is C43H31F6N3O. The molecule has 6 rings (SSSR count). The zero-order valence-corrected chi connectivity index (χ0v) is 29.0. The minimum absolute atomic E-state index is 0.197. The van der Waals surface area contributed by atoms with E-state index in [-0.39, 0.29) is 11.1 Å². The van der Waals surface area contributed by atoms with Gasteiger partial charge in [-0.1, -0.05) is 42.2 Å². The molecule has 0 aliphatic carbocycles. The van der Waals surface area contributed by atoms with Crippen molar-refractivity contribution in [2.75, 3.05) is 7.11 Å². The molecule has 266 valence electrons. The van der Waals surface area contributed by atoms with Gasteiger partial charge >= 0.3 is 0 Å². The van der Waals surface area contributed by atoms with E-state index in [0.717, 1.165) is 58.4 Å². The summed E-state index contributed by atoms with van der Waals surface area (Å²) >= 11 is 0. The maximum Gasteiger partial charge on any atom is 0.195 e. The molecule has 0 amide bonds. The van der Waals surface area contributed by atoms with E-state index in [9.17, 15) is 26.3 Å². The normalized spacial score (nSPS) is 10.1. The van der Waals surface area contributed by atoms with Crippen molar-refractivity contribution in [2.24, 2.45) is 0 Å². The molecule has 0 spiro atoms. The van der Waals surface area contributed by atoms with Crippen LogP contribution in [0.3, 0.4) is 0 Å². The molecule has 0 fully saturated rings. The fraction of sp³-hybridized carbons (Fsp3) is 0.0930. The average Bonchev–Trinajstić information content (AvgIpc) is 3.15. The minimum Gasteiger partial charge on any atom is -0.497 e. The summed E-state index contributed by atoms with van der Waals surface area (Å²) in [4.78, 5) is 12.6. The molecule has 0 unspecified atom stereocenters. The molecule has 10 heteroatoms. The second-order valence-corrected chi connectivity index (χ2v) is 11.1. The molecular weight excluding hydrogens is 688 g/mol. The van der Waals surface area contributed by atoms with Crippen molar-refractivity contribution in [3.8, 4) is 29.4 Å². The van der Waals surface area contributed by atoms with Gasteiger partial charge in [0.2, 0.25) is 0 Å². The topological polar surface area (TPSA) is 47.9 Å². The van der Waals surface area contributed by atoms with E-state index in [0.29, 0.717) is 11.4 Å². The van der Waals surface area contributed by atoms with Crippen molar-refractivity contribution >= 4 is 12.2 Å². The predicted molar refractivity (Wildman–Crippen MR) is 193 cm³/mol. The number of pyridine rings is 3. The van der Waals surface area contributed by atoms with Crippen molar-refractivity contribution in [1.29, 1.82) is 0 Å². The largest absolute Gasteiger partial charge is 0.497 e. The molecule has 3 aromatic heterocycles. The highest BCUT2D eigenvalue weighted by molar-refractivity contribution is 5.68. The molecule has 0 atom stereocenters. The zero-order chi connectivity index (χ0) is 38.3. The lowest BCUT2D eigenvalue weighted by molar-refractivity contribution is 0.414. The van der Waals surface area contributed by atoms with Gasteiger partial charge in [-0.05, 0) is 123 Å². The summed E-state index contributed by atoms with van der Waals surface area (Å²) in [6.45, 7) is 5.59. The second-order valence-electron chi connectivity index (χ2n) is 11.1. The molecule has 4 nitrogen and oxygen atoms in total. The van der Waals surface area contributed by atoms with Crippen molar-refractivity contribution in [1.82, 2.24) is 15.0 Å². The summed E-state index contributed by atoms with van der Waals surface area (Å²) in [6, 6.07) is 27.9. The van der Waals surface area contributed by atoms with Crippen molar-refractivity contribution in [3.63, 3.8) is 0 Å². The molecule has 0 aliphatic heterocycles. The third-order valence-corrected chi connectivity index (χ3v) is 6.90. The van der Waals surface area contributed by atoms with Gasteiger partial charge in [0.05, 0.1) is 18.4 Å². The van der Waals surface area contributed by atoms with Crippen LogP contribution in [0.1, 0.15) is 50.9 Å². The summed E-state index contributed by atoms with van der Waals surface area (Å²) in [5.74, 6) is 4.06. The first kappa shape index (κ1) is 39.1. The first-order valence-corrected chi connectivity index (χ1v) is 15.9. The van der Waals surface area contributed by atoms with Crippen LogP contribution in [0.2, 0.25) is 0 Å². The van der Waals surface area contributed by atoms with Crippen molar-refractivity contribution in [2.45, 2.75) is 20.8 Å². The number of hydrogen-bond donors (Lipinski definition) is 0. The van der Waals surface area contributed by atoms with Crippen molar-refractivity contribution < 1.29 is 31.1 Å². The molecule has 53 heavy (non-hydrogen) atoms. The lowest BCUT2D eigenvalue weighted by Gasteiger charge is -1.98. The highest BCUT2D eigenvalue weighted by atomic mass is 19.2. The predicted octanol–water partition coefficient (Wildman–Crippen LogP) is 9.98. The van der Waals surface area contributed by atoms with Crippen LogP contribution < -0.4 is 4.74 Å². The van der Waals surface area contributed by atoms with Gasteiger partial charge in [-0.3, -0.25) is 4.98 Å². The maximum atomic E-state index is 13.3. The SMILES string of the molecule is COc1cccc(C#Cc2cccc(C)n2)c1.Cc1cccc(C#Cc2ccc(F)c(F)c2F)n1.Cc1cccc(C=Cc2cc(F)c(F)c(F)c2)n1. The summed E-state index contributed by atoms with van der Waals surface area (Å²) in [5.41, 5.74) is 5.45. The second kappa shape index (κ2) is 19.1. The third kappa shape index (κ3) is 12.3. The molecule has 0 aliphatic rings. The quantitative estimate of drug-likeness (QED) is 0.104. The van der Waals surface area contributed by atoms with E-state index in [1.54, 1.807) is 44.4 Å². The Hall–Kier alpha value is -6.65. The summed E-state index contributed by atoms with van der Waals surface area (Å²) in [7, 11) is 1.65.